The molecule has 3 aromatic carbocycles. The number of benzene rings is 3. The molecule has 36 heavy (non-hydrogen) atoms. The number of fused-ring (bicyclic) bond motifs is 1. The van der Waals surface area contributed by atoms with Gasteiger partial charge in [-0.1, -0.05) is 42.0 Å². The maximum Gasteiger partial charge on any atom is 0.338 e. The molecular formula is C27H22N4O5. The van der Waals surface area contributed by atoms with E-state index in [2.05, 4.69) is 10.2 Å². The summed E-state index contributed by atoms with van der Waals surface area (Å²) in [6.45, 7) is 3.96. The summed E-state index contributed by atoms with van der Waals surface area (Å²) in [4.78, 5) is 38.4. The molecular weight excluding hydrogens is 460 g/mol. The number of nitrogens with one attached hydrogen (secondary N) is 1. The predicted molar refractivity (Wildman–Crippen MR) is 133 cm³/mol. The topological polar surface area (TPSA) is 118 Å². The Hall–Kier alpha value is -4.79. The number of esters is 1. The number of anilines is 1. The smallest absolute Gasteiger partial charge is 0.338 e. The number of hydrogen-bond donors (Lipinski definition) is 1. The number of carbonyl (C=O) groups is 2. The number of H-pyrrole nitrogens is 1. The van der Waals surface area contributed by atoms with Crippen molar-refractivity contribution < 1.29 is 19.2 Å². The van der Waals surface area contributed by atoms with Crippen molar-refractivity contribution in [3.8, 4) is 11.3 Å². The van der Waals surface area contributed by atoms with Crippen LogP contribution in [0.4, 0.5) is 11.4 Å². The number of aryl methyl sites for hydroxylation is 1. The molecule has 0 aliphatic carbocycles. The van der Waals surface area contributed by atoms with E-state index < -0.39 is 16.9 Å². The van der Waals surface area contributed by atoms with Crippen LogP contribution in [0.3, 0.4) is 0 Å². The van der Waals surface area contributed by atoms with Crippen LogP contribution in [0.1, 0.15) is 50.5 Å². The Balaban J connectivity index is 1.66. The lowest BCUT2D eigenvalue weighted by Gasteiger charge is -2.26. The van der Waals surface area contributed by atoms with Crippen molar-refractivity contribution in [2.24, 2.45) is 0 Å². The quantitative estimate of drug-likeness (QED) is 0.229. The minimum atomic E-state index is -0.670. The molecule has 1 aliphatic rings. The molecule has 180 valence electrons. The van der Waals surface area contributed by atoms with E-state index in [4.69, 9.17) is 4.74 Å². The molecule has 0 saturated carbocycles. The Bertz CT molecular complexity index is 1480. The highest BCUT2D eigenvalue weighted by Crippen LogP contribution is 2.45. The lowest BCUT2D eigenvalue weighted by atomic mass is 9.95. The second kappa shape index (κ2) is 9.10. The van der Waals surface area contributed by atoms with Crippen LogP contribution in [0.15, 0.2) is 72.8 Å². The molecule has 4 aromatic rings. The Labute approximate surface area is 206 Å². The van der Waals surface area contributed by atoms with Crippen LogP contribution in [-0.2, 0) is 4.74 Å². The summed E-state index contributed by atoms with van der Waals surface area (Å²) in [7, 11) is 0. The minimum Gasteiger partial charge on any atom is -0.462 e. The number of ether oxygens (including phenoxy) is 1. The second-order valence-corrected chi connectivity index (χ2v) is 8.42. The van der Waals surface area contributed by atoms with E-state index in [-0.39, 0.29) is 18.2 Å². The van der Waals surface area contributed by atoms with Gasteiger partial charge in [-0.15, -0.1) is 0 Å². The van der Waals surface area contributed by atoms with Gasteiger partial charge in [0.05, 0.1) is 28.8 Å². The fourth-order valence-electron chi connectivity index (χ4n) is 4.44. The van der Waals surface area contributed by atoms with Crippen molar-refractivity contribution in [2.75, 3.05) is 11.5 Å². The number of nitro groups is 1. The Morgan fingerprint density at radius 1 is 1.11 bits per heavy atom. The Morgan fingerprint density at radius 2 is 1.83 bits per heavy atom. The van der Waals surface area contributed by atoms with Gasteiger partial charge >= 0.3 is 5.97 Å². The van der Waals surface area contributed by atoms with Gasteiger partial charge in [-0.2, -0.15) is 5.10 Å². The lowest BCUT2D eigenvalue weighted by molar-refractivity contribution is -0.384. The van der Waals surface area contributed by atoms with Crippen LogP contribution in [0, 0.1) is 17.0 Å². The minimum absolute atomic E-state index is 0.0774. The summed E-state index contributed by atoms with van der Waals surface area (Å²) < 4.78 is 5.06. The largest absolute Gasteiger partial charge is 0.462 e. The first-order valence-corrected chi connectivity index (χ1v) is 11.4. The van der Waals surface area contributed by atoms with Crippen molar-refractivity contribution in [3.63, 3.8) is 0 Å². The molecule has 0 bridgehead atoms. The lowest BCUT2D eigenvalue weighted by Crippen LogP contribution is -2.29. The van der Waals surface area contributed by atoms with Crippen molar-refractivity contribution in [1.82, 2.24) is 10.2 Å². The summed E-state index contributed by atoms with van der Waals surface area (Å²) in [5.74, 6) is -0.778. The first-order chi connectivity index (χ1) is 17.4. The van der Waals surface area contributed by atoms with E-state index in [1.807, 2.05) is 31.2 Å². The van der Waals surface area contributed by atoms with Gasteiger partial charge in [0, 0.05) is 28.9 Å². The number of rotatable bonds is 6. The standard InChI is InChI=1S/C27H22N4O5/c1-3-36-27(33)18-11-13-20(14-12-18)30-25(19-5-4-6-21(15-19)31(34)35)22-23(28-29-24(22)26(30)32)17-9-7-16(2)8-10-17/h4-15,25H,3H2,1-2H3,(H,28,29). The summed E-state index contributed by atoms with van der Waals surface area (Å²) in [6, 6.07) is 19.9. The maximum absolute atomic E-state index is 13.6. The average Bonchev–Trinajstić information content (AvgIpc) is 3.44. The summed E-state index contributed by atoms with van der Waals surface area (Å²) in [6.07, 6.45) is 0. The van der Waals surface area contributed by atoms with Gasteiger partial charge in [-0.3, -0.25) is 24.9 Å². The first kappa shape index (κ1) is 23.0. The number of aromatic nitrogens is 2. The highest BCUT2D eigenvalue weighted by molar-refractivity contribution is 6.12. The zero-order valence-electron chi connectivity index (χ0n) is 19.6. The molecule has 1 aliphatic heterocycles. The third-order valence-electron chi connectivity index (χ3n) is 6.15. The second-order valence-electron chi connectivity index (χ2n) is 8.42. The molecule has 0 spiro atoms. The Kier molecular flexibility index (Phi) is 5.81. The fraction of sp³-hybridized carbons (Fsp3) is 0.148. The number of nitro benzene ring substituents is 1. The van der Waals surface area contributed by atoms with Crippen LogP contribution in [0.2, 0.25) is 0 Å². The normalized spacial score (nSPS) is 14.6. The summed E-state index contributed by atoms with van der Waals surface area (Å²) >= 11 is 0. The molecule has 2 heterocycles. The number of hydrogen-bond acceptors (Lipinski definition) is 6. The van der Waals surface area contributed by atoms with Crippen LogP contribution >= 0.6 is 0 Å². The fourth-order valence-corrected chi connectivity index (χ4v) is 4.44. The van der Waals surface area contributed by atoms with Crippen LogP contribution in [0.5, 0.6) is 0 Å². The van der Waals surface area contributed by atoms with Gasteiger partial charge in [0.25, 0.3) is 11.6 Å². The van der Waals surface area contributed by atoms with Gasteiger partial charge in [0.15, 0.2) is 0 Å². The molecule has 1 aromatic heterocycles. The maximum atomic E-state index is 13.6. The number of nitrogens with zero attached hydrogens (tertiary/aromatic N) is 3. The third kappa shape index (κ3) is 3.90. The van der Waals surface area contributed by atoms with Crippen LogP contribution < -0.4 is 4.90 Å². The molecule has 1 amide bonds. The average molecular weight is 482 g/mol. The third-order valence-corrected chi connectivity index (χ3v) is 6.15. The summed E-state index contributed by atoms with van der Waals surface area (Å²) in [5.41, 5.74) is 4.84. The van der Waals surface area contributed by atoms with E-state index in [0.717, 1.165) is 11.1 Å². The molecule has 9 heteroatoms. The van der Waals surface area contributed by atoms with Crippen molar-refractivity contribution in [2.45, 2.75) is 19.9 Å². The van der Waals surface area contributed by atoms with E-state index in [1.165, 1.54) is 12.1 Å². The van der Waals surface area contributed by atoms with Gasteiger partial charge in [-0.25, -0.2) is 4.79 Å². The molecule has 0 fully saturated rings. The Morgan fingerprint density at radius 3 is 2.50 bits per heavy atom. The number of amides is 1. The molecule has 0 radical (unpaired) electrons. The molecule has 1 unspecified atom stereocenters. The van der Waals surface area contributed by atoms with Gasteiger partial charge in [0.2, 0.25) is 0 Å². The van der Waals surface area contributed by atoms with E-state index in [0.29, 0.717) is 33.8 Å². The molecule has 9 nitrogen and oxygen atoms in total. The molecule has 1 N–H and O–H groups in total. The molecule has 1 atom stereocenters. The first-order valence-electron chi connectivity index (χ1n) is 11.4. The zero-order chi connectivity index (χ0) is 25.4. The number of carbonyl (C=O) groups excluding carboxylic acids is 2. The molecule has 0 saturated heterocycles. The molecule has 5 rings (SSSR count). The van der Waals surface area contributed by atoms with E-state index >= 15 is 0 Å². The number of aromatic amines is 1. The van der Waals surface area contributed by atoms with Gasteiger partial charge < -0.3 is 4.74 Å². The van der Waals surface area contributed by atoms with Crippen molar-refractivity contribution >= 4 is 23.3 Å². The van der Waals surface area contributed by atoms with Gasteiger partial charge in [-0.05, 0) is 43.7 Å². The van der Waals surface area contributed by atoms with Crippen LogP contribution in [0.25, 0.3) is 11.3 Å². The van der Waals surface area contributed by atoms with Crippen molar-refractivity contribution in [3.05, 3.63) is 111 Å². The zero-order valence-corrected chi connectivity index (χ0v) is 19.6. The number of non-ortho nitro benzene ring substituents is 1. The SMILES string of the molecule is CCOC(=O)c1ccc(N2C(=O)c3[nH]nc(-c4ccc(C)cc4)c3C2c2cccc([N+](=O)[O-])c2)cc1. The predicted octanol–water partition coefficient (Wildman–Crippen LogP) is 5.22. The van der Waals surface area contributed by atoms with Gasteiger partial charge in [0.1, 0.15) is 5.69 Å². The highest BCUT2D eigenvalue weighted by Gasteiger charge is 2.43. The highest BCUT2D eigenvalue weighted by atomic mass is 16.6. The summed E-state index contributed by atoms with van der Waals surface area (Å²) in [5, 5.41) is 18.8. The monoisotopic (exact) mass is 482 g/mol. The van der Waals surface area contributed by atoms with Crippen molar-refractivity contribution in [1.29, 1.82) is 0 Å². The van der Waals surface area contributed by atoms with E-state index in [1.54, 1.807) is 48.2 Å². The van der Waals surface area contributed by atoms with E-state index in [9.17, 15) is 19.7 Å². The van der Waals surface area contributed by atoms with Crippen LogP contribution in [-0.4, -0.2) is 33.6 Å².